The molecule has 13 heavy (non-hydrogen) atoms. The number of alkyl halides is 1. The highest BCUT2D eigenvalue weighted by molar-refractivity contribution is 9.11. The largest absolute Gasteiger partial charge is 0.298 e. The Kier molecular flexibility index (Phi) is 4.42. The second-order valence-corrected chi connectivity index (χ2v) is 4.53. The van der Waals surface area contributed by atoms with Gasteiger partial charge in [0.05, 0.1) is 5.88 Å². The van der Waals surface area contributed by atoms with Gasteiger partial charge in [-0.3, -0.25) is 4.79 Å². The van der Waals surface area contributed by atoms with Crippen LogP contribution in [0.4, 0.5) is 0 Å². The number of rotatable bonds is 3. The van der Waals surface area contributed by atoms with E-state index in [2.05, 4.69) is 31.9 Å². The summed E-state index contributed by atoms with van der Waals surface area (Å²) < 4.78 is 1.86. The summed E-state index contributed by atoms with van der Waals surface area (Å²) in [6, 6.07) is 5.71. The van der Waals surface area contributed by atoms with E-state index >= 15 is 0 Å². The van der Waals surface area contributed by atoms with Crippen LogP contribution >= 0.6 is 43.5 Å². The molecule has 0 aliphatic heterocycles. The van der Waals surface area contributed by atoms with Crippen LogP contribution in [0.3, 0.4) is 0 Å². The second-order valence-electron chi connectivity index (χ2n) is 2.55. The summed E-state index contributed by atoms with van der Waals surface area (Å²) in [6.07, 6.45) is 0.367. The Labute approximate surface area is 98.7 Å². The van der Waals surface area contributed by atoms with Gasteiger partial charge in [0, 0.05) is 15.4 Å². The molecule has 0 aliphatic rings. The van der Waals surface area contributed by atoms with Crippen LogP contribution in [0, 0.1) is 0 Å². The second kappa shape index (κ2) is 5.13. The molecule has 0 aromatic heterocycles. The zero-order chi connectivity index (χ0) is 9.84. The van der Waals surface area contributed by atoms with Gasteiger partial charge >= 0.3 is 0 Å². The standard InChI is InChI=1S/C9H7Br2ClO/c10-8-2-1-3-9(11)7(8)4-6(13)5-12/h1-3H,4-5H2. The molecule has 0 saturated heterocycles. The van der Waals surface area contributed by atoms with Gasteiger partial charge < -0.3 is 0 Å². The van der Waals surface area contributed by atoms with Gasteiger partial charge in [0.1, 0.15) is 0 Å². The molecule has 4 heteroatoms. The van der Waals surface area contributed by atoms with Crippen molar-refractivity contribution in [1.29, 1.82) is 0 Å². The van der Waals surface area contributed by atoms with E-state index in [1.54, 1.807) is 0 Å². The summed E-state index contributed by atoms with van der Waals surface area (Å²) in [7, 11) is 0. The third-order valence-electron chi connectivity index (χ3n) is 1.58. The van der Waals surface area contributed by atoms with Gasteiger partial charge in [-0.15, -0.1) is 11.6 Å². The molecule has 1 rings (SSSR count). The average Bonchev–Trinajstić information content (AvgIpc) is 2.11. The van der Waals surface area contributed by atoms with Crippen molar-refractivity contribution in [3.63, 3.8) is 0 Å². The quantitative estimate of drug-likeness (QED) is 0.776. The summed E-state index contributed by atoms with van der Waals surface area (Å²) in [5.41, 5.74) is 0.952. The minimum atomic E-state index is 0.0225. The van der Waals surface area contributed by atoms with E-state index in [-0.39, 0.29) is 11.7 Å². The first kappa shape index (κ1) is 11.2. The fraction of sp³-hybridized carbons (Fsp3) is 0.222. The lowest BCUT2D eigenvalue weighted by atomic mass is 10.1. The summed E-state index contributed by atoms with van der Waals surface area (Å²) in [5, 5.41) is 0. The Balaban J connectivity index is 2.93. The van der Waals surface area contributed by atoms with Crippen molar-refractivity contribution in [3.05, 3.63) is 32.7 Å². The normalized spacial score (nSPS) is 10.1. The minimum Gasteiger partial charge on any atom is -0.298 e. The minimum absolute atomic E-state index is 0.0225. The van der Waals surface area contributed by atoms with E-state index in [0.717, 1.165) is 14.5 Å². The van der Waals surface area contributed by atoms with Crippen LogP contribution in [0.5, 0.6) is 0 Å². The van der Waals surface area contributed by atoms with Crippen LogP contribution in [0.25, 0.3) is 0 Å². The van der Waals surface area contributed by atoms with E-state index in [1.165, 1.54) is 0 Å². The number of Topliss-reactive ketones (excluding diaryl/α,β-unsaturated/α-hetero) is 1. The molecule has 0 saturated carbocycles. The Morgan fingerprint density at radius 3 is 2.31 bits per heavy atom. The molecular formula is C9H7Br2ClO. The lowest BCUT2D eigenvalue weighted by molar-refractivity contribution is -0.116. The molecular weight excluding hydrogens is 319 g/mol. The lowest BCUT2D eigenvalue weighted by Gasteiger charge is -2.04. The van der Waals surface area contributed by atoms with E-state index in [1.807, 2.05) is 18.2 Å². The van der Waals surface area contributed by atoms with Gasteiger partial charge in [0.2, 0.25) is 0 Å². The van der Waals surface area contributed by atoms with Crippen LogP contribution in [-0.2, 0) is 11.2 Å². The molecule has 0 atom stereocenters. The molecule has 0 heterocycles. The van der Waals surface area contributed by atoms with E-state index in [4.69, 9.17) is 11.6 Å². The summed E-state index contributed by atoms with van der Waals surface area (Å²) >= 11 is 12.2. The number of benzene rings is 1. The van der Waals surface area contributed by atoms with Crippen molar-refractivity contribution in [2.45, 2.75) is 6.42 Å². The third kappa shape index (κ3) is 3.08. The first-order valence-electron chi connectivity index (χ1n) is 3.65. The summed E-state index contributed by atoms with van der Waals surface area (Å²) in [5.74, 6) is 0.0857. The maximum atomic E-state index is 11.1. The van der Waals surface area contributed by atoms with Crippen molar-refractivity contribution in [2.24, 2.45) is 0 Å². The highest BCUT2D eigenvalue weighted by Gasteiger charge is 2.08. The maximum absolute atomic E-state index is 11.1. The molecule has 0 fully saturated rings. The van der Waals surface area contributed by atoms with Gasteiger partial charge in [0.25, 0.3) is 0 Å². The molecule has 1 nitrogen and oxygen atoms in total. The molecule has 1 aromatic carbocycles. The Hall–Kier alpha value is 0.140. The number of carbonyl (C=O) groups is 1. The Bertz CT molecular complexity index is 305. The fourth-order valence-corrected chi connectivity index (χ4v) is 2.32. The van der Waals surface area contributed by atoms with Crippen LogP contribution in [0.1, 0.15) is 5.56 Å². The molecule has 0 unspecified atom stereocenters. The van der Waals surface area contributed by atoms with Gasteiger partial charge in [-0.25, -0.2) is 0 Å². The Morgan fingerprint density at radius 1 is 1.31 bits per heavy atom. The predicted molar refractivity (Wildman–Crippen MR) is 61.3 cm³/mol. The summed E-state index contributed by atoms with van der Waals surface area (Å²) in [6.45, 7) is 0. The molecule has 0 radical (unpaired) electrons. The van der Waals surface area contributed by atoms with Crippen molar-refractivity contribution in [2.75, 3.05) is 5.88 Å². The average molecular weight is 326 g/mol. The monoisotopic (exact) mass is 324 g/mol. The van der Waals surface area contributed by atoms with E-state index < -0.39 is 0 Å². The van der Waals surface area contributed by atoms with Crippen molar-refractivity contribution < 1.29 is 4.79 Å². The predicted octanol–water partition coefficient (Wildman–Crippen LogP) is 3.56. The van der Waals surface area contributed by atoms with Crippen LogP contribution in [0.15, 0.2) is 27.1 Å². The molecule has 0 aliphatic carbocycles. The first-order valence-corrected chi connectivity index (χ1v) is 5.77. The van der Waals surface area contributed by atoms with Crippen molar-refractivity contribution in [1.82, 2.24) is 0 Å². The summed E-state index contributed by atoms with van der Waals surface area (Å²) in [4.78, 5) is 11.1. The van der Waals surface area contributed by atoms with Gasteiger partial charge in [-0.1, -0.05) is 37.9 Å². The number of hydrogen-bond acceptors (Lipinski definition) is 1. The van der Waals surface area contributed by atoms with Crippen LogP contribution < -0.4 is 0 Å². The highest BCUT2D eigenvalue weighted by Crippen LogP contribution is 2.25. The molecule has 0 bridgehead atoms. The smallest absolute Gasteiger partial charge is 0.152 e. The van der Waals surface area contributed by atoms with Gasteiger partial charge in [-0.2, -0.15) is 0 Å². The zero-order valence-corrected chi connectivity index (χ0v) is 10.6. The zero-order valence-electron chi connectivity index (χ0n) is 6.69. The molecule has 1 aromatic rings. The molecule has 0 N–H and O–H groups in total. The topological polar surface area (TPSA) is 17.1 Å². The SMILES string of the molecule is O=C(CCl)Cc1c(Br)cccc1Br. The Morgan fingerprint density at radius 2 is 1.85 bits per heavy atom. The first-order chi connectivity index (χ1) is 6.15. The third-order valence-corrected chi connectivity index (χ3v) is 3.37. The highest BCUT2D eigenvalue weighted by atomic mass is 79.9. The number of halogens is 3. The van der Waals surface area contributed by atoms with Crippen molar-refractivity contribution >= 4 is 49.2 Å². The van der Waals surface area contributed by atoms with Crippen LogP contribution in [0.2, 0.25) is 0 Å². The van der Waals surface area contributed by atoms with E-state index in [0.29, 0.717) is 6.42 Å². The lowest BCUT2D eigenvalue weighted by Crippen LogP contribution is -2.04. The molecule has 0 spiro atoms. The molecule has 70 valence electrons. The maximum Gasteiger partial charge on any atom is 0.152 e. The number of hydrogen-bond donors (Lipinski definition) is 0. The van der Waals surface area contributed by atoms with Crippen LogP contribution in [-0.4, -0.2) is 11.7 Å². The fourth-order valence-electron chi connectivity index (χ4n) is 0.946. The van der Waals surface area contributed by atoms with E-state index in [9.17, 15) is 4.79 Å². The number of carbonyl (C=O) groups excluding carboxylic acids is 1. The van der Waals surface area contributed by atoms with Crippen molar-refractivity contribution in [3.8, 4) is 0 Å². The molecule has 0 amide bonds. The van der Waals surface area contributed by atoms with Gasteiger partial charge in [-0.05, 0) is 17.7 Å². The van der Waals surface area contributed by atoms with Gasteiger partial charge in [0.15, 0.2) is 5.78 Å². The number of ketones is 1.